The highest BCUT2D eigenvalue weighted by Crippen LogP contribution is 2.57. The van der Waals surface area contributed by atoms with Gasteiger partial charge in [0.25, 0.3) is 0 Å². The first-order chi connectivity index (χ1) is 28.3. The second-order valence-corrected chi connectivity index (χ2v) is 19.1. The molecule has 2 unspecified atom stereocenters. The van der Waals surface area contributed by atoms with Gasteiger partial charge in [-0.25, -0.2) is 4.98 Å². The smallest absolute Gasteiger partial charge is 0.179 e. The SMILES string of the molecule is c1ccc(-c2cc(-c3cccc4c3C3c5ccccc5C4c4cccc([Si](c5ccccc5)(c5ccccc5)c5ccccc5)c43)cc(-c3ccccc3)n2)cc1. The Labute approximate surface area is 335 Å². The first-order valence-corrected chi connectivity index (χ1v) is 22.0. The maximum Gasteiger partial charge on any atom is 0.179 e. The van der Waals surface area contributed by atoms with E-state index in [4.69, 9.17) is 4.98 Å². The van der Waals surface area contributed by atoms with Gasteiger partial charge in [-0.1, -0.05) is 212 Å². The average Bonchev–Trinajstić information content (AvgIpc) is 3.30. The van der Waals surface area contributed by atoms with E-state index in [0.717, 1.165) is 22.5 Å². The zero-order chi connectivity index (χ0) is 37.8. The fraction of sp³-hybridized carbons (Fsp3) is 0.0364. The van der Waals surface area contributed by atoms with Crippen molar-refractivity contribution in [2.75, 3.05) is 0 Å². The van der Waals surface area contributed by atoms with E-state index in [1.165, 1.54) is 65.3 Å². The summed E-state index contributed by atoms with van der Waals surface area (Å²) < 4.78 is 0. The van der Waals surface area contributed by atoms with Gasteiger partial charge in [-0.05, 0) is 77.4 Å². The second-order valence-electron chi connectivity index (χ2n) is 15.3. The van der Waals surface area contributed by atoms with Crippen molar-refractivity contribution in [3.05, 3.63) is 258 Å². The topological polar surface area (TPSA) is 12.9 Å². The first-order valence-electron chi connectivity index (χ1n) is 20.0. The lowest BCUT2D eigenvalue weighted by Gasteiger charge is -2.47. The molecular weight excluding hydrogens is 703 g/mol. The molecule has 2 atom stereocenters. The molecule has 0 saturated heterocycles. The molecule has 3 aliphatic carbocycles. The molecule has 0 fully saturated rings. The van der Waals surface area contributed by atoms with Crippen LogP contribution in [0.4, 0.5) is 0 Å². The minimum Gasteiger partial charge on any atom is -0.248 e. The minimum absolute atomic E-state index is 0.0418. The standard InChI is InChI=1S/C55H39NSi/c1-6-20-38(21-7-1)49-36-40(37-50(56-49)39-22-8-2-9-23-39)44-32-18-33-47-52-45-30-16-17-31-46(45)55(53(44)47)54-48(52)34-19-35-51(54)57(41-24-10-3-11-25-41,42-26-12-4-13-27-42)43-28-14-5-15-29-43/h1-37,52,55H. The summed E-state index contributed by atoms with van der Waals surface area (Å²) in [5.41, 5.74) is 15.3. The number of benzene rings is 8. The summed E-state index contributed by atoms with van der Waals surface area (Å²) in [7, 11) is -2.87. The number of hydrogen-bond donors (Lipinski definition) is 0. The summed E-state index contributed by atoms with van der Waals surface area (Å²) in [6.45, 7) is 0. The molecule has 9 aromatic rings. The lowest BCUT2D eigenvalue weighted by atomic mass is 9.60. The second kappa shape index (κ2) is 13.7. The molecule has 0 spiro atoms. The molecule has 0 saturated carbocycles. The Morgan fingerprint density at radius 3 is 1.23 bits per heavy atom. The van der Waals surface area contributed by atoms with Crippen LogP contribution in [0.25, 0.3) is 33.6 Å². The van der Waals surface area contributed by atoms with Crippen LogP contribution in [-0.4, -0.2) is 13.1 Å². The Bertz CT molecular complexity index is 2730. The van der Waals surface area contributed by atoms with E-state index < -0.39 is 8.07 Å². The molecule has 57 heavy (non-hydrogen) atoms. The number of pyridine rings is 1. The van der Waals surface area contributed by atoms with Crippen LogP contribution in [-0.2, 0) is 0 Å². The quantitative estimate of drug-likeness (QED) is 0.117. The van der Waals surface area contributed by atoms with Crippen molar-refractivity contribution in [2.24, 2.45) is 0 Å². The van der Waals surface area contributed by atoms with Crippen LogP contribution in [0.5, 0.6) is 0 Å². The zero-order valence-electron chi connectivity index (χ0n) is 31.5. The molecule has 268 valence electrons. The van der Waals surface area contributed by atoms with Crippen molar-refractivity contribution in [1.29, 1.82) is 0 Å². The summed E-state index contributed by atoms with van der Waals surface area (Å²) in [4.78, 5) is 5.28. The molecule has 1 aromatic heterocycles. The van der Waals surface area contributed by atoms with Crippen LogP contribution in [0.1, 0.15) is 45.2 Å². The summed E-state index contributed by atoms with van der Waals surface area (Å²) in [6, 6.07) is 83.5. The van der Waals surface area contributed by atoms with Crippen LogP contribution in [0.3, 0.4) is 0 Å². The van der Waals surface area contributed by atoms with Gasteiger partial charge in [0, 0.05) is 23.0 Å². The highest BCUT2D eigenvalue weighted by Gasteiger charge is 2.49. The van der Waals surface area contributed by atoms with Crippen molar-refractivity contribution in [2.45, 2.75) is 11.8 Å². The molecule has 8 aromatic carbocycles. The maximum absolute atomic E-state index is 5.28. The Balaban J connectivity index is 1.23. The number of hydrogen-bond acceptors (Lipinski definition) is 1. The number of nitrogens with zero attached hydrogens (tertiary/aromatic N) is 1. The largest absolute Gasteiger partial charge is 0.248 e. The zero-order valence-corrected chi connectivity index (χ0v) is 32.5. The van der Waals surface area contributed by atoms with Crippen molar-refractivity contribution in [1.82, 2.24) is 4.98 Å². The van der Waals surface area contributed by atoms with Crippen LogP contribution in [0.2, 0.25) is 0 Å². The molecule has 0 N–H and O–H groups in total. The highest BCUT2D eigenvalue weighted by atomic mass is 28.3. The van der Waals surface area contributed by atoms with Gasteiger partial charge in [0.1, 0.15) is 0 Å². The van der Waals surface area contributed by atoms with Crippen molar-refractivity contribution in [3.8, 4) is 33.6 Å². The molecule has 3 aliphatic rings. The lowest BCUT2D eigenvalue weighted by Crippen LogP contribution is -2.75. The van der Waals surface area contributed by atoms with Gasteiger partial charge in [-0.3, -0.25) is 0 Å². The van der Waals surface area contributed by atoms with Crippen LogP contribution >= 0.6 is 0 Å². The molecule has 0 aliphatic heterocycles. The Hall–Kier alpha value is -6.87. The highest BCUT2D eigenvalue weighted by molar-refractivity contribution is 7.20. The van der Waals surface area contributed by atoms with Gasteiger partial charge in [0.2, 0.25) is 0 Å². The Morgan fingerprint density at radius 2 is 0.719 bits per heavy atom. The van der Waals surface area contributed by atoms with Crippen LogP contribution in [0, 0.1) is 0 Å². The van der Waals surface area contributed by atoms with Gasteiger partial charge in [-0.15, -0.1) is 0 Å². The van der Waals surface area contributed by atoms with Gasteiger partial charge >= 0.3 is 0 Å². The van der Waals surface area contributed by atoms with Crippen molar-refractivity contribution < 1.29 is 0 Å². The van der Waals surface area contributed by atoms with Gasteiger partial charge in [0.15, 0.2) is 8.07 Å². The summed E-state index contributed by atoms with van der Waals surface area (Å²) in [5.74, 6) is 0.161. The van der Waals surface area contributed by atoms with Crippen LogP contribution < -0.4 is 20.7 Å². The molecule has 2 bridgehead atoms. The number of rotatable bonds is 7. The monoisotopic (exact) mass is 741 g/mol. The fourth-order valence-corrected chi connectivity index (χ4v) is 15.2. The van der Waals surface area contributed by atoms with E-state index >= 15 is 0 Å². The number of aromatic nitrogens is 1. The minimum atomic E-state index is -2.87. The normalized spacial score (nSPS) is 15.0. The van der Waals surface area contributed by atoms with E-state index in [2.05, 4.69) is 224 Å². The van der Waals surface area contributed by atoms with Crippen LogP contribution in [0.15, 0.2) is 224 Å². The molecule has 0 amide bonds. The van der Waals surface area contributed by atoms with Crippen molar-refractivity contribution >= 4 is 28.8 Å². The molecule has 0 radical (unpaired) electrons. The van der Waals surface area contributed by atoms with E-state index in [9.17, 15) is 0 Å². The predicted molar refractivity (Wildman–Crippen MR) is 239 cm³/mol. The molecular formula is C55H39NSi. The van der Waals surface area contributed by atoms with Gasteiger partial charge in [-0.2, -0.15) is 0 Å². The van der Waals surface area contributed by atoms with E-state index in [1.807, 2.05) is 0 Å². The third-order valence-corrected chi connectivity index (χ3v) is 17.2. The maximum atomic E-state index is 5.28. The Morgan fingerprint density at radius 1 is 0.316 bits per heavy atom. The first kappa shape index (κ1) is 33.5. The molecule has 1 nitrogen and oxygen atoms in total. The summed E-state index contributed by atoms with van der Waals surface area (Å²) >= 11 is 0. The van der Waals surface area contributed by atoms with Gasteiger partial charge < -0.3 is 0 Å². The lowest BCUT2D eigenvalue weighted by molar-refractivity contribution is 0.760. The predicted octanol–water partition coefficient (Wildman–Crippen LogP) is 10.4. The van der Waals surface area contributed by atoms with E-state index in [-0.39, 0.29) is 11.8 Å². The summed E-state index contributed by atoms with van der Waals surface area (Å²) in [6.07, 6.45) is 0. The average molecular weight is 742 g/mol. The third-order valence-electron chi connectivity index (χ3n) is 12.4. The fourth-order valence-electron chi connectivity index (χ4n) is 10.1. The third kappa shape index (κ3) is 5.25. The van der Waals surface area contributed by atoms with Gasteiger partial charge in [0.05, 0.1) is 11.4 Å². The molecule has 2 heteroatoms. The molecule has 1 heterocycles. The van der Waals surface area contributed by atoms with Crippen molar-refractivity contribution in [3.63, 3.8) is 0 Å². The summed E-state index contributed by atoms with van der Waals surface area (Å²) in [5, 5.41) is 5.66. The Kier molecular flexibility index (Phi) is 8.04. The van der Waals surface area contributed by atoms with E-state index in [0.29, 0.717) is 0 Å². The molecule has 12 rings (SSSR count). The van der Waals surface area contributed by atoms with E-state index in [1.54, 1.807) is 0 Å².